The lowest BCUT2D eigenvalue weighted by molar-refractivity contribution is -0.105. The zero-order chi connectivity index (χ0) is 41.6. The third-order valence-corrected chi connectivity index (χ3v) is 16.0. The maximum Gasteiger partial charge on any atom is 0.211 e. The number of carbonyl (C=O) groups excluding carboxylic acids is 1. The number of ether oxygens (including phenoxy) is 1. The lowest BCUT2D eigenvalue weighted by Crippen LogP contribution is -2.43. The number of hydrogen-bond donors (Lipinski definition) is 4. The molecule has 57 heavy (non-hydrogen) atoms. The van der Waals surface area contributed by atoms with Crippen molar-refractivity contribution in [2.75, 3.05) is 31.6 Å². The summed E-state index contributed by atoms with van der Waals surface area (Å²) in [5.41, 5.74) is 5.99. The number of aromatic hydroxyl groups is 2. The molecule has 0 heterocycles. The SMILES string of the molecule is CC(C)N(CCC(c1ccccc1)c1cc(CCCCOc2ccc(CCNCC(O[Si](C)(C)C(C)(C)C)c3ccc(O)c(NC=O)c3)cc2)ccc1O)C(C)C. The number of hydrogen-bond acceptors (Lipinski definition) is 7. The molecule has 0 aliphatic rings. The predicted octanol–water partition coefficient (Wildman–Crippen LogP) is 10.6. The molecule has 0 aliphatic carbocycles. The average molecular weight is 796 g/mol. The summed E-state index contributed by atoms with van der Waals surface area (Å²) in [7, 11) is -2.11. The van der Waals surface area contributed by atoms with E-state index in [-0.39, 0.29) is 22.8 Å². The van der Waals surface area contributed by atoms with Crippen molar-refractivity contribution in [1.29, 1.82) is 0 Å². The van der Waals surface area contributed by atoms with Gasteiger partial charge in [0.1, 0.15) is 17.2 Å². The summed E-state index contributed by atoms with van der Waals surface area (Å²) in [6.07, 6.45) is 5.01. The predicted molar refractivity (Wildman–Crippen MR) is 238 cm³/mol. The Hall–Kier alpha value is -4.15. The van der Waals surface area contributed by atoms with Gasteiger partial charge in [-0.1, -0.05) is 81.4 Å². The quantitative estimate of drug-likeness (QED) is 0.0257. The van der Waals surface area contributed by atoms with Crippen LogP contribution in [0.25, 0.3) is 0 Å². The maximum absolute atomic E-state index is 11.1. The number of anilines is 1. The summed E-state index contributed by atoms with van der Waals surface area (Å²) in [5, 5.41) is 27.5. The van der Waals surface area contributed by atoms with Crippen molar-refractivity contribution >= 4 is 20.4 Å². The Balaban J connectivity index is 1.26. The van der Waals surface area contributed by atoms with E-state index >= 15 is 0 Å². The van der Waals surface area contributed by atoms with Crippen LogP contribution in [0, 0.1) is 0 Å². The Bertz CT molecular complexity index is 1800. The first kappa shape index (κ1) is 45.5. The molecule has 0 aromatic heterocycles. The Kier molecular flexibility index (Phi) is 17.2. The monoisotopic (exact) mass is 796 g/mol. The minimum atomic E-state index is -2.11. The van der Waals surface area contributed by atoms with Crippen LogP contribution in [0.4, 0.5) is 5.69 Å². The topological polar surface area (TPSA) is 103 Å². The van der Waals surface area contributed by atoms with Gasteiger partial charge in [-0.05, 0) is 144 Å². The second kappa shape index (κ2) is 21.6. The van der Waals surface area contributed by atoms with Gasteiger partial charge in [-0.25, -0.2) is 0 Å². The minimum absolute atomic E-state index is 0.0270. The van der Waals surface area contributed by atoms with E-state index in [1.165, 1.54) is 16.7 Å². The van der Waals surface area contributed by atoms with E-state index in [0.29, 0.717) is 43.1 Å². The number of phenols is 2. The molecule has 4 rings (SSSR count). The normalized spacial score (nSPS) is 13.3. The Morgan fingerprint density at radius 1 is 0.789 bits per heavy atom. The molecule has 1 amide bonds. The molecular weight excluding hydrogens is 727 g/mol. The summed E-state index contributed by atoms with van der Waals surface area (Å²) in [4.78, 5) is 13.6. The summed E-state index contributed by atoms with van der Waals surface area (Å²) in [5.74, 6) is 1.39. The van der Waals surface area contributed by atoms with Crippen molar-refractivity contribution < 1.29 is 24.2 Å². The molecule has 0 radical (unpaired) electrons. The summed E-state index contributed by atoms with van der Waals surface area (Å²) >= 11 is 0. The second-order valence-electron chi connectivity index (χ2n) is 17.4. The molecule has 0 bridgehead atoms. The van der Waals surface area contributed by atoms with Gasteiger partial charge in [-0.15, -0.1) is 0 Å². The van der Waals surface area contributed by atoms with Crippen LogP contribution in [0.15, 0.2) is 91.0 Å². The molecule has 4 aromatic carbocycles. The highest BCUT2D eigenvalue weighted by Gasteiger charge is 2.39. The fraction of sp³-hybridized carbons (Fsp3) is 0.479. The van der Waals surface area contributed by atoms with E-state index in [0.717, 1.165) is 62.1 Å². The molecule has 2 unspecified atom stereocenters. The molecule has 8 nitrogen and oxygen atoms in total. The van der Waals surface area contributed by atoms with Crippen LogP contribution in [0.1, 0.15) is 108 Å². The molecule has 2 atom stereocenters. The number of rotatable bonds is 23. The first-order valence-electron chi connectivity index (χ1n) is 20.9. The number of carbonyl (C=O) groups is 1. The molecule has 0 saturated carbocycles. The van der Waals surface area contributed by atoms with Crippen molar-refractivity contribution in [3.63, 3.8) is 0 Å². The van der Waals surface area contributed by atoms with Crippen LogP contribution < -0.4 is 15.4 Å². The fourth-order valence-corrected chi connectivity index (χ4v) is 8.43. The van der Waals surface area contributed by atoms with Gasteiger partial charge in [0.15, 0.2) is 8.32 Å². The van der Waals surface area contributed by atoms with Gasteiger partial charge in [0.05, 0.1) is 18.4 Å². The smallest absolute Gasteiger partial charge is 0.211 e. The molecular formula is C48H69N3O5Si. The maximum atomic E-state index is 11.1. The standard InChI is InChI=1S/C48H69N3O5Si/c1-35(2)51(36(3)4)29-27-42(39-16-11-10-12-17-39)43-31-38(20-24-45(43)53)15-13-14-30-55-41-22-18-37(19-23-41)26-28-49-33-47(56-57(8,9)48(5,6)7)40-21-25-46(54)44(32-40)50-34-52/h10-12,16-25,31-32,34-36,42,47,49,53-54H,13-15,26-30,33H2,1-9H3,(H,50,52). The van der Waals surface area contributed by atoms with Gasteiger partial charge in [-0.2, -0.15) is 0 Å². The Morgan fingerprint density at radius 3 is 2.11 bits per heavy atom. The molecule has 0 aliphatic heterocycles. The second-order valence-corrected chi connectivity index (χ2v) is 22.1. The van der Waals surface area contributed by atoms with Crippen LogP contribution in [0.3, 0.4) is 0 Å². The number of benzene rings is 4. The summed E-state index contributed by atoms with van der Waals surface area (Å²) < 4.78 is 13.0. The van der Waals surface area contributed by atoms with Gasteiger partial charge >= 0.3 is 0 Å². The Morgan fingerprint density at radius 2 is 1.46 bits per heavy atom. The van der Waals surface area contributed by atoms with Gasteiger partial charge < -0.3 is 30.0 Å². The van der Waals surface area contributed by atoms with Crippen LogP contribution in [-0.4, -0.2) is 68.2 Å². The molecule has 310 valence electrons. The van der Waals surface area contributed by atoms with E-state index in [4.69, 9.17) is 9.16 Å². The van der Waals surface area contributed by atoms with E-state index in [1.807, 2.05) is 24.3 Å². The van der Waals surface area contributed by atoms with Crippen molar-refractivity contribution in [3.8, 4) is 17.2 Å². The zero-order valence-electron chi connectivity index (χ0n) is 36.0. The van der Waals surface area contributed by atoms with E-state index in [2.05, 4.69) is 132 Å². The lowest BCUT2D eigenvalue weighted by atomic mass is 9.86. The highest BCUT2D eigenvalue weighted by atomic mass is 28.4. The van der Waals surface area contributed by atoms with Crippen LogP contribution in [0.5, 0.6) is 17.2 Å². The van der Waals surface area contributed by atoms with E-state index in [9.17, 15) is 15.0 Å². The molecule has 9 heteroatoms. The lowest BCUT2D eigenvalue weighted by Gasteiger charge is -2.39. The highest BCUT2D eigenvalue weighted by molar-refractivity contribution is 6.74. The van der Waals surface area contributed by atoms with Gasteiger partial charge in [-0.3, -0.25) is 9.69 Å². The summed E-state index contributed by atoms with van der Waals surface area (Å²) in [6.45, 7) is 23.1. The third-order valence-electron chi connectivity index (χ3n) is 11.5. The van der Waals surface area contributed by atoms with Gasteiger partial charge in [0, 0.05) is 30.1 Å². The number of aryl methyl sites for hydroxylation is 1. The first-order valence-corrected chi connectivity index (χ1v) is 23.8. The van der Waals surface area contributed by atoms with E-state index in [1.54, 1.807) is 12.1 Å². The largest absolute Gasteiger partial charge is 0.508 e. The number of unbranched alkanes of at least 4 members (excludes halogenated alkanes) is 1. The van der Waals surface area contributed by atoms with Crippen molar-refractivity contribution in [1.82, 2.24) is 10.2 Å². The van der Waals surface area contributed by atoms with Crippen molar-refractivity contribution in [3.05, 3.63) is 119 Å². The van der Waals surface area contributed by atoms with Crippen molar-refractivity contribution in [2.24, 2.45) is 0 Å². The van der Waals surface area contributed by atoms with E-state index < -0.39 is 8.32 Å². The van der Waals surface area contributed by atoms with Gasteiger partial charge in [0.25, 0.3) is 0 Å². The average Bonchev–Trinajstić information content (AvgIpc) is 3.16. The minimum Gasteiger partial charge on any atom is -0.508 e. The van der Waals surface area contributed by atoms with Crippen LogP contribution in [0.2, 0.25) is 18.1 Å². The van der Waals surface area contributed by atoms with Crippen LogP contribution in [-0.2, 0) is 22.1 Å². The Labute approximate surface area is 344 Å². The highest BCUT2D eigenvalue weighted by Crippen LogP contribution is 2.40. The number of amides is 1. The fourth-order valence-electron chi connectivity index (χ4n) is 7.15. The molecule has 0 saturated heterocycles. The molecule has 4 aromatic rings. The zero-order valence-corrected chi connectivity index (χ0v) is 37.0. The number of nitrogens with one attached hydrogen (secondary N) is 2. The van der Waals surface area contributed by atoms with Crippen LogP contribution >= 0.6 is 0 Å². The number of nitrogens with zero attached hydrogens (tertiary/aromatic N) is 1. The van der Waals surface area contributed by atoms with Crippen molar-refractivity contribution in [2.45, 2.75) is 123 Å². The molecule has 4 N–H and O–H groups in total. The first-order chi connectivity index (χ1) is 27.1. The third kappa shape index (κ3) is 13.7. The molecule has 0 spiro atoms. The molecule has 0 fully saturated rings. The summed E-state index contributed by atoms with van der Waals surface area (Å²) in [6, 6.07) is 31.3. The van der Waals surface area contributed by atoms with Gasteiger partial charge in [0.2, 0.25) is 6.41 Å². The number of phenolic OH excluding ortho intramolecular Hbond substituents is 2.